The third-order valence-corrected chi connectivity index (χ3v) is 12.5. The Morgan fingerprint density at radius 3 is 2.10 bits per heavy atom. The quantitative estimate of drug-likeness (QED) is 0.0539. The molecule has 70 heavy (non-hydrogen) atoms. The van der Waals surface area contributed by atoms with E-state index in [2.05, 4.69) is 29.5 Å². The summed E-state index contributed by atoms with van der Waals surface area (Å²) < 4.78 is 76.7. The smallest absolute Gasteiger partial charge is 0.493 e. The first kappa shape index (κ1) is 49.3. The van der Waals surface area contributed by atoms with E-state index in [0.29, 0.717) is 37.5 Å². The molecule has 4 heterocycles. The van der Waals surface area contributed by atoms with E-state index in [9.17, 15) is 23.3 Å². The zero-order chi connectivity index (χ0) is 49.6. The van der Waals surface area contributed by atoms with Crippen LogP contribution in [0.4, 0.5) is 25.0 Å². The molecule has 0 saturated carbocycles. The Morgan fingerprint density at radius 1 is 0.843 bits per heavy atom. The summed E-state index contributed by atoms with van der Waals surface area (Å²) in [4.78, 5) is 65.3. The van der Waals surface area contributed by atoms with E-state index in [-0.39, 0.29) is 29.3 Å². The molecule has 2 N–H and O–H groups in total. The zero-order valence-electron chi connectivity index (χ0n) is 38.3. The Morgan fingerprint density at radius 2 is 1.49 bits per heavy atom. The fraction of sp³-hybridized carbons (Fsp3) is 0.362. The van der Waals surface area contributed by atoms with Crippen LogP contribution in [0.3, 0.4) is 0 Å². The second kappa shape index (κ2) is 21.2. The zero-order valence-corrected chi connectivity index (χ0v) is 39.2. The molecule has 8 rings (SSSR count). The van der Waals surface area contributed by atoms with E-state index in [4.69, 9.17) is 33.5 Å². The van der Waals surface area contributed by atoms with E-state index in [1.807, 2.05) is 55.5 Å². The number of hydrogen-bond donors (Lipinski definition) is 2. The van der Waals surface area contributed by atoms with Gasteiger partial charge in [0.15, 0.2) is 0 Å². The summed E-state index contributed by atoms with van der Waals surface area (Å²) in [5, 5.41) is 8.51. The van der Waals surface area contributed by atoms with Crippen LogP contribution >= 0.6 is 7.82 Å². The molecule has 2 aliphatic rings. The van der Waals surface area contributed by atoms with Crippen molar-refractivity contribution in [2.45, 2.75) is 64.2 Å². The molecule has 4 aromatic carbocycles. The van der Waals surface area contributed by atoms with Gasteiger partial charge >= 0.3 is 25.6 Å². The van der Waals surface area contributed by atoms with Crippen molar-refractivity contribution in [2.75, 3.05) is 49.2 Å². The summed E-state index contributed by atoms with van der Waals surface area (Å²) in [6, 6.07) is 23.1. The van der Waals surface area contributed by atoms with Crippen molar-refractivity contribution in [3.63, 3.8) is 0 Å². The van der Waals surface area contributed by atoms with Gasteiger partial charge in [0, 0.05) is 62.0 Å². The van der Waals surface area contributed by atoms with Crippen molar-refractivity contribution in [1.29, 1.82) is 0 Å². The minimum Gasteiger partial charge on any atom is -0.493 e. The van der Waals surface area contributed by atoms with Crippen LogP contribution in [0.15, 0.2) is 115 Å². The number of benzene rings is 4. The van der Waals surface area contributed by atoms with Gasteiger partial charge in [0.05, 0.1) is 37.1 Å². The molecule has 20 nitrogen and oxygen atoms in total. The Bertz CT molecular complexity index is 2840. The number of ether oxygens (including phenoxy) is 5. The minimum atomic E-state index is -4.78. The number of esters is 1. The summed E-state index contributed by atoms with van der Waals surface area (Å²) in [6.07, 6.45) is 1.76. The van der Waals surface area contributed by atoms with Crippen LogP contribution in [-0.2, 0) is 35.7 Å². The summed E-state index contributed by atoms with van der Waals surface area (Å²) in [5.74, 6) is -1.74. The van der Waals surface area contributed by atoms with E-state index >= 15 is 4.39 Å². The number of piperazine rings is 1. The van der Waals surface area contributed by atoms with Gasteiger partial charge in [-0.25, -0.2) is 46.6 Å². The van der Waals surface area contributed by atoms with Crippen molar-refractivity contribution >= 4 is 31.3 Å². The lowest BCUT2D eigenvalue weighted by Crippen LogP contribution is -2.46. The number of hydrogen-bond acceptors (Lipinski definition) is 15. The number of carbonyl (C=O) groups is 2. The standard InChI is InChI=1S/C47H51F2N8O12P/c1-4-43(31(2)66-46(60)68-32(3)67-44(58)34-5-14-40(15-6-34)69-70(61,62)63)57-45(59)56(30-52-57)38-10-8-36(9-11-38)53-19-21-54(22-20-53)37-12-16-39(17-13-37)64-25-33-24-47(65-26-33,27-55-29-50-28-51-55)41-18-7-35(48)23-42(41)49/h5-18,23,28-33,43H,4,19-22,24-27H2,1-3H3,(H2,61,62,63)/t31-,32?,33+,43-,47-/m0/s1. The Kier molecular flexibility index (Phi) is 15.0. The normalized spacial score (nSPS) is 18.5. The highest BCUT2D eigenvalue weighted by molar-refractivity contribution is 7.46. The molecular weight excluding hydrogens is 938 g/mol. The van der Waals surface area contributed by atoms with Gasteiger partial charge in [0.1, 0.15) is 53.8 Å². The largest absolute Gasteiger partial charge is 0.524 e. The molecule has 0 spiro atoms. The average Bonchev–Trinajstić information content (AvgIpc) is 4.10. The first-order chi connectivity index (χ1) is 33.6. The molecule has 2 fully saturated rings. The summed E-state index contributed by atoms with van der Waals surface area (Å²) in [5.41, 5.74) is 1.41. The maximum Gasteiger partial charge on any atom is 0.524 e. The summed E-state index contributed by atoms with van der Waals surface area (Å²) >= 11 is 0. The molecule has 1 unspecified atom stereocenters. The van der Waals surface area contributed by atoms with Gasteiger partial charge in [-0.15, -0.1) is 0 Å². The highest BCUT2D eigenvalue weighted by Crippen LogP contribution is 2.42. The lowest BCUT2D eigenvalue weighted by Gasteiger charge is -2.37. The number of carbonyl (C=O) groups excluding carboxylic acids is 2. The Balaban J connectivity index is 0.793. The van der Waals surface area contributed by atoms with Crippen LogP contribution in [0, 0.1) is 17.6 Å². The van der Waals surface area contributed by atoms with Crippen LogP contribution in [0.1, 0.15) is 55.6 Å². The van der Waals surface area contributed by atoms with E-state index < -0.39 is 61.3 Å². The van der Waals surface area contributed by atoms with Gasteiger partial charge < -0.3 is 38.0 Å². The Hall–Kier alpha value is -7.13. The topological polar surface area (TPSA) is 224 Å². The van der Waals surface area contributed by atoms with Gasteiger partial charge in [0.25, 0.3) is 0 Å². The summed E-state index contributed by atoms with van der Waals surface area (Å²) in [7, 11) is -4.78. The average molecular weight is 989 g/mol. The van der Waals surface area contributed by atoms with Crippen LogP contribution in [0.2, 0.25) is 0 Å². The minimum absolute atomic E-state index is 0.00200. The maximum absolute atomic E-state index is 15.1. The van der Waals surface area contributed by atoms with Crippen molar-refractivity contribution in [3.8, 4) is 17.2 Å². The van der Waals surface area contributed by atoms with Gasteiger partial charge in [-0.2, -0.15) is 10.2 Å². The third kappa shape index (κ3) is 11.8. The number of rotatable bonds is 18. The molecular formula is C47H51F2N8O12P. The van der Waals surface area contributed by atoms with Gasteiger partial charge in [-0.05, 0) is 98.6 Å². The molecule has 2 aromatic heterocycles. The van der Waals surface area contributed by atoms with E-state index in [1.165, 1.54) is 71.6 Å². The molecule has 23 heteroatoms. The first-order valence-electron chi connectivity index (χ1n) is 22.4. The second-order valence-electron chi connectivity index (χ2n) is 16.9. The van der Waals surface area contributed by atoms with E-state index in [0.717, 1.165) is 43.6 Å². The molecule has 5 atom stereocenters. The second-order valence-corrected chi connectivity index (χ2v) is 18.0. The van der Waals surface area contributed by atoms with E-state index in [1.54, 1.807) is 11.6 Å². The number of halogens is 2. The van der Waals surface area contributed by atoms with Crippen molar-refractivity contribution in [1.82, 2.24) is 29.1 Å². The fourth-order valence-electron chi connectivity index (χ4n) is 8.65. The monoisotopic (exact) mass is 988 g/mol. The predicted molar refractivity (Wildman–Crippen MR) is 247 cm³/mol. The first-order valence-corrected chi connectivity index (χ1v) is 23.9. The van der Waals surface area contributed by atoms with Crippen LogP contribution in [0.25, 0.3) is 5.69 Å². The molecule has 2 aliphatic heterocycles. The van der Waals surface area contributed by atoms with Gasteiger partial charge in [-0.3, -0.25) is 9.79 Å². The highest BCUT2D eigenvalue weighted by Gasteiger charge is 2.45. The number of phosphoric acid groups is 1. The molecule has 6 aromatic rings. The Labute approximate surface area is 400 Å². The maximum atomic E-state index is 15.1. The lowest BCUT2D eigenvalue weighted by atomic mass is 9.87. The van der Waals surface area contributed by atoms with Crippen molar-refractivity contribution in [2.24, 2.45) is 5.92 Å². The SMILES string of the molecule is CC[C@@H]([C@H](C)OC(=O)OC(C)OC(=O)c1ccc(OP(=O)(O)O)cc1)n1ncn(-c2ccc(N3CCN(c4ccc(OC[C@@H]5CO[C@@](Cn6cncn6)(c6ccc(F)cc6F)C5)cc4)CC3)cc2)c1=O. The highest BCUT2D eigenvalue weighted by atomic mass is 31.2. The molecule has 0 aliphatic carbocycles. The molecule has 0 radical (unpaired) electrons. The number of anilines is 2. The van der Waals surface area contributed by atoms with Crippen LogP contribution in [-0.4, -0.2) is 103 Å². The van der Waals surface area contributed by atoms with Crippen LogP contribution in [0.5, 0.6) is 11.5 Å². The number of nitrogens with zero attached hydrogens (tertiary/aromatic N) is 8. The third-order valence-electron chi connectivity index (χ3n) is 12.1. The van der Waals surface area contributed by atoms with Crippen LogP contribution < -0.4 is 24.8 Å². The predicted octanol–water partition coefficient (Wildman–Crippen LogP) is 6.41. The lowest BCUT2D eigenvalue weighted by molar-refractivity contribution is -0.0919. The molecule has 0 bridgehead atoms. The number of aromatic nitrogens is 6. The van der Waals surface area contributed by atoms with Gasteiger partial charge in [0.2, 0.25) is 6.29 Å². The fourth-order valence-corrected chi connectivity index (χ4v) is 9.05. The molecule has 0 amide bonds. The number of phosphoric ester groups is 1. The molecule has 370 valence electrons. The molecule has 2 saturated heterocycles. The van der Waals surface area contributed by atoms with Crippen molar-refractivity contribution < 1.29 is 60.9 Å². The summed E-state index contributed by atoms with van der Waals surface area (Å²) in [6.45, 7) is 8.65. The van der Waals surface area contributed by atoms with Crippen molar-refractivity contribution in [3.05, 3.63) is 143 Å². The van der Waals surface area contributed by atoms with Gasteiger partial charge in [-0.1, -0.05) is 13.0 Å².